The Morgan fingerprint density at radius 3 is 2.92 bits per heavy atom. The van der Waals surface area contributed by atoms with Gasteiger partial charge in [-0.1, -0.05) is 12.1 Å². The number of hydrogen-bond donors (Lipinski definition) is 0. The van der Waals surface area contributed by atoms with Gasteiger partial charge < -0.3 is 4.74 Å². The van der Waals surface area contributed by atoms with Crippen molar-refractivity contribution in [2.75, 3.05) is 13.7 Å². The molecule has 0 aliphatic carbocycles. The fourth-order valence-corrected chi connectivity index (χ4v) is 3.44. The van der Waals surface area contributed by atoms with E-state index in [1.165, 1.54) is 12.0 Å². The monoisotopic (exact) mass is 350 g/mol. The summed E-state index contributed by atoms with van der Waals surface area (Å²) in [4.78, 5) is 8.23. The van der Waals surface area contributed by atoms with Crippen LogP contribution in [-0.2, 0) is 13.1 Å². The van der Waals surface area contributed by atoms with Gasteiger partial charge in [0, 0.05) is 30.5 Å². The predicted octanol–water partition coefficient (Wildman–Crippen LogP) is 2.41. The molecule has 7 nitrogen and oxygen atoms in total. The van der Waals surface area contributed by atoms with E-state index in [1.807, 2.05) is 24.3 Å². The third-order valence-electron chi connectivity index (χ3n) is 4.78. The number of ether oxygens (including phenoxy) is 1. The summed E-state index contributed by atoms with van der Waals surface area (Å²) >= 11 is 0. The summed E-state index contributed by atoms with van der Waals surface area (Å²) in [5, 5.41) is 12.9. The molecule has 3 aromatic rings. The van der Waals surface area contributed by atoms with Crippen molar-refractivity contribution >= 4 is 0 Å². The third-order valence-corrected chi connectivity index (χ3v) is 4.78. The van der Waals surface area contributed by atoms with Crippen LogP contribution < -0.4 is 4.74 Å². The van der Waals surface area contributed by atoms with Gasteiger partial charge in [0.1, 0.15) is 5.75 Å². The number of methoxy groups -OCH3 is 1. The average molecular weight is 350 g/mol. The molecule has 4 rings (SSSR count). The van der Waals surface area contributed by atoms with Gasteiger partial charge >= 0.3 is 0 Å². The topological polar surface area (TPSA) is 69.0 Å². The lowest BCUT2D eigenvalue weighted by atomic mass is 10.1. The molecule has 0 unspecified atom stereocenters. The molecule has 1 saturated heterocycles. The molecule has 1 fully saturated rings. The maximum Gasteiger partial charge on any atom is 0.205 e. The fourth-order valence-electron chi connectivity index (χ4n) is 3.44. The number of aromatic nitrogens is 5. The molecule has 0 radical (unpaired) electrons. The van der Waals surface area contributed by atoms with Gasteiger partial charge in [-0.15, -0.1) is 10.2 Å². The summed E-state index contributed by atoms with van der Waals surface area (Å²) in [5.74, 6) is 1.54. The van der Waals surface area contributed by atoms with Crippen LogP contribution >= 0.6 is 0 Å². The molecule has 1 aliphatic rings. The van der Waals surface area contributed by atoms with Gasteiger partial charge in [0.15, 0.2) is 0 Å². The van der Waals surface area contributed by atoms with E-state index in [-0.39, 0.29) is 0 Å². The normalized spacial score (nSPS) is 17.5. The molecule has 2 aromatic heterocycles. The van der Waals surface area contributed by atoms with Gasteiger partial charge in [-0.05, 0) is 54.4 Å². The molecule has 1 atom stereocenters. The highest BCUT2D eigenvalue weighted by Gasteiger charge is 2.26. The minimum Gasteiger partial charge on any atom is -0.497 e. The molecule has 0 amide bonds. The lowest BCUT2D eigenvalue weighted by molar-refractivity contribution is 0.211. The molecule has 7 heteroatoms. The lowest BCUT2D eigenvalue weighted by Crippen LogP contribution is -2.33. The molecule has 26 heavy (non-hydrogen) atoms. The highest BCUT2D eigenvalue weighted by molar-refractivity contribution is 5.51. The summed E-state index contributed by atoms with van der Waals surface area (Å²) in [6.45, 7) is 2.75. The highest BCUT2D eigenvalue weighted by Crippen LogP contribution is 2.23. The largest absolute Gasteiger partial charge is 0.497 e. The Labute approximate surface area is 152 Å². The molecule has 1 aliphatic heterocycles. The summed E-state index contributed by atoms with van der Waals surface area (Å²) < 4.78 is 5.33. The Kier molecular flexibility index (Phi) is 4.88. The van der Waals surface area contributed by atoms with E-state index < -0.39 is 0 Å². The average Bonchev–Trinajstić information content (AvgIpc) is 3.33. The second-order valence-corrected chi connectivity index (χ2v) is 6.52. The van der Waals surface area contributed by atoms with Gasteiger partial charge in [-0.25, -0.2) is 0 Å². The van der Waals surface area contributed by atoms with Crippen molar-refractivity contribution in [1.82, 2.24) is 30.1 Å². The summed E-state index contributed by atoms with van der Waals surface area (Å²) in [5.41, 5.74) is 2.20. The van der Waals surface area contributed by atoms with Crippen LogP contribution in [0.1, 0.15) is 18.4 Å². The van der Waals surface area contributed by atoms with E-state index in [0.29, 0.717) is 11.9 Å². The number of tetrazole rings is 1. The maximum atomic E-state index is 5.33. The van der Waals surface area contributed by atoms with Crippen molar-refractivity contribution in [3.8, 4) is 17.1 Å². The van der Waals surface area contributed by atoms with Crippen molar-refractivity contribution in [3.63, 3.8) is 0 Å². The molecular weight excluding hydrogens is 328 g/mol. The number of pyridine rings is 1. The van der Waals surface area contributed by atoms with Crippen LogP contribution in [0.15, 0.2) is 48.8 Å². The third kappa shape index (κ3) is 3.72. The zero-order chi connectivity index (χ0) is 17.8. The van der Waals surface area contributed by atoms with Crippen molar-refractivity contribution in [3.05, 3.63) is 54.4 Å². The number of likely N-dealkylation sites (tertiary alicyclic amines) is 1. The quantitative estimate of drug-likeness (QED) is 0.680. The Morgan fingerprint density at radius 1 is 1.19 bits per heavy atom. The Bertz CT molecular complexity index is 850. The molecular formula is C19H22N6O. The van der Waals surface area contributed by atoms with Gasteiger partial charge in [-0.2, -0.15) is 4.80 Å². The highest BCUT2D eigenvalue weighted by atomic mass is 16.5. The van der Waals surface area contributed by atoms with Crippen LogP contribution in [0.25, 0.3) is 11.4 Å². The van der Waals surface area contributed by atoms with E-state index in [4.69, 9.17) is 4.74 Å². The molecule has 0 bridgehead atoms. The molecule has 0 spiro atoms. The molecule has 3 heterocycles. The first-order valence-corrected chi connectivity index (χ1v) is 8.87. The number of hydrogen-bond acceptors (Lipinski definition) is 6. The summed E-state index contributed by atoms with van der Waals surface area (Å²) in [6.07, 6.45) is 5.82. The van der Waals surface area contributed by atoms with Crippen LogP contribution in [0.4, 0.5) is 0 Å². The minimum atomic E-state index is 0.417. The zero-order valence-electron chi connectivity index (χ0n) is 14.8. The second kappa shape index (κ2) is 7.61. The Hall–Kier alpha value is -2.80. The second-order valence-electron chi connectivity index (χ2n) is 6.52. The summed E-state index contributed by atoms with van der Waals surface area (Å²) in [6, 6.07) is 12.5. The Balaban J connectivity index is 1.43. The van der Waals surface area contributed by atoms with Crippen LogP contribution in [0.2, 0.25) is 0 Å². The van der Waals surface area contributed by atoms with E-state index >= 15 is 0 Å². The van der Waals surface area contributed by atoms with E-state index in [1.54, 1.807) is 24.3 Å². The zero-order valence-corrected chi connectivity index (χ0v) is 14.8. The molecule has 134 valence electrons. The van der Waals surface area contributed by atoms with Gasteiger partial charge in [0.05, 0.1) is 13.7 Å². The lowest BCUT2D eigenvalue weighted by Gasteiger charge is -2.24. The molecule has 1 aromatic carbocycles. The SMILES string of the molecule is COc1cccc(CN2CCC[C@H]2Cn2nnc(-c3ccncc3)n2)c1. The Morgan fingerprint density at radius 2 is 2.08 bits per heavy atom. The first kappa shape index (κ1) is 16.7. The summed E-state index contributed by atoms with van der Waals surface area (Å²) in [7, 11) is 1.70. The van der Waals surface area contributed by atoms with Crippen LogP contribution in [-0.4, -0.2) is 49.8 Å². The van der Waals surface area contributed by atoms with Crippen LogP contribution in [0.3, 0.4) is 0 Å². The van der Waals surface area contributed by atoms with Gasteiger partial charge in [-0.3, -0.25) is 9.88 Å². The number of benzene rings is 1. The molecule has 0 N–H and O–H groups in total. The first-order chi connectivity index (χ1) is 12.8. The maximum absolute atomic E-state index is 5.33. The fraction of sp³-hybridized carbons (Fsp3) is 0.368. The first-order valence-electron chi connectivity index (χ1n) is 8.87. The smallest absolute Gasteiger partial charge is 0.205 e. The van der Waals surface area contributed by atoms with Crippen LogP contribution in [0.5, 0.6) is 5.75 Å². The standard InChI is InChI=1S/C19H22N6O/c1-26-18-6-2-4-15(12-18)13-24-11-3-5-17(24)14-25-22-19(21-23-25)16-7-9-20-10-8-16/h2,4,6-10,12,17H,3,5,11,13-14H2,1H3/t17-/m0/s1. The van der Waals surface area contributed by atoms with Gasteiger partial charge in [0.2, 0.25) is 5.82 Å². The van der Waals surface area contributed by atoms with E-state index in [0.717, 1.165) is 37.4 Å². The van der Waals surface area contributed by atoms with E-state index in [2.05, 4.69) is 37.4 Å². The van der Waals surface area contributed by atoms with E-state index in [9.17, 15) is 0 Å². The van der Waals surface area contributed by atoms with Crippen molar-refractivity contribution in [2.24, 2.45) is 0 Å². The molecule has 0 saturated carbocycles. The van der Waals surface area contributed by atoms with Crippen molar-refractivity contribution in [1.29, 1.82) is 0 Å². The van der Waals surface area contributed by atoms with Crippen molar-refractivity contribution < 1.29 is 4.74 Å². The van der Waals surface area contributed by atoms with Crippen molar-refractivity contribution in [2.45, 2.75) is 32.0 Å². The minimum absolute atomic E-state index is 0.417. The van der Waals surface area contributed by atoms with Gasteiger partial charge in [0.25, 0.3) is 0 Å². The predicted molar refractivity (Wildman–Crippen MR) is 97.5 cm³/mol. The van der Waals surface area contributed by atoms with Crippen LogP contribution in [0, 0.1) is 0 Å². The number of rotatable bonds is 6. The number of nitrogens with zero attached hydrogens (tertiary/aromatic N) is 6.